The maximum absolute atomic E-state index is 10.6. The van der Waals surface area contributed by atoms with Crippen LogP contribution in [0.2, 0.25) is 0 Å². The van der Waals surface area contributed by atoms with Crippen molar-refractivity contribution in [2.75, 3.05) is 33.4 Å². The molecule has 0 spiro atoms. The van der Waals surface area contributed by atoms with E-state index in [4.69, 9.17) is 4.55 Å². The molecule has 0 aromatic rings. The number of quaternary nitrogens is 1. The van der Waals surface area contributed by atoms with Gasteiger partial charge in [0.2, 0.25) is 0 Å². The minimum Gasteiger partial charge on any atom is -0.331 e. The summed E-state index contributed by atoms with van der Waals surface area (Å²) in [4.78, 5) is 0. The van der Waals surface area contributed by atoms with Gasteiger partial charge in [0, 0.05) is 5.92 Å². The van der Waals surface area contributed by atoms with E-state index in [9.17, 15) is 8.42 Å². The Labute approximate surface area is 80.9 Å². The molecule has 0 saturated heterocycles. The minimum absolute atomic E-state index is 0.0370. The summed E-state index contributed by atoms with van der Waals surface area (Å²) in [5, 5.41) is 0. The lowest BCUT2D eigenvalue weighted by Gasteiger charge is -2.28. The van der Waals surface area contributed by atoms with E-state index < -0.39 is 10.1 Å². The van der Waals surface area contributed by atoms with Crippen LogP contribution in [0, 0.1) is 5.92 Å². The van der Waals surface area contributed by atoms with E-state index in [1.165, 1.54) is 0 Å². The molecule has 0 fully saturated rings. The quantitative estimate of drug-likeness (QED) is 0.534. The van der Waals surface area contributed by atoms with Gasteiger partial charge in [-0.05, 0) is 6.42 Å². The molecule has 1 atom stereocenters. The summed E-state index contributed by atoms with van der Waals surface area (Å²) in [6.45, 7) is 2.70. The molecule has 4 nitrogen and oxygen atoms in total. The molecule has 0 heterocycles. The third-order valence-electron chi connectivity index (χ3n) is 1.83. The van der Waals surface area contributed by atoms with Crippen LogP contribution in [0.5, 0.6) is 0 Å². The van der Waals surface area contributed by atoms with E-state index in [0.29, 0.717) is 4.48 Å². The van der Waals surface area contributed by atoms with Crippen LogP contribution in [-0.2, 0) is 10.1 Å². The van der Waals surface area contributed by atoms with Crippen molar-refractivity contribution in [2.45, 2.75) is 13.3 Å². The monoisotopic (exact) mass is 210 g/mol. The van der Waals surface area contributed by atoms with E-state index >= 15 is 0 Å². The van der Waals surface area contributed by atoms with E-state index in [0.717, 1.165) is 13.0 Å². The maximum Gasteiger partial charge on any atom is 0.265 e. The Kier molecular flexibility index (Phi) is 4.35. The minimum atomic E-state index is -3.82. The zero-order chi connectivity index (χ0) is 10.7. The lowest BCUT2D eigenvalue weighted by molar-refractivity contribution is -0.873. The molecular weight excluding hydrogens is 190 g/mol. The molecule has 0 aliphatic heterocycles. The summed E-state index contributed by atoms with van der Waals surface area (Å²) in [5.41, 5.74) is 0. The third-order valence-corrected chi connectivity index (χ3v) is 2.72. The van der Waals surface area contributed by atoms with Gasteiger partial charge in [0.15, 0.2) is 0 Å². The van der Waals surface area contributed by atoms with Gasteiger partial charge in [0.05, 0.1) is 33.4 Å². The van der Waals surface area contributed by atoms with E-state index in [2.05, 4.69) is 0 Å². The van der Waals surface area contributed by atoms with Gasteiger partial charge in [-0.15, -0.1) is 0 Å². The SMILES string of the molecule is CCC(C[N+](C)(C)C)CS(=O)(=O)O. The average Bonchev–Trinajstić information content (AvgIpc) is 1.79. The van der Waals surface area contributed by atoms with Crippen LogP contribution < -0.4 is 0 Å². The molecule has 5 heteroatoms. The standard InChI is InChI=1S/C8H19NO3S/c1-5-8(6-9(2,3)4)7-13(10,11)12/h8H,5-7H2,1-4H3/p+1. The second kappa shape index (κ2) is 4.39. The first-order chi connectivity index (χ1) is 5.64. The molecule has 80 valence electrons. The second-order valence-corrected chi connectivity index (χ2v) is 5.99. The predicted octanol–water partition coefficient (Wildman–Crippen LogP) is 0.607. The maximum atomic E-state index is 10.6. The van der Waals surface area contributed by atoms with Crippen LogP contribution in [-0.4, -0.2) is 50.9 Å². The topological polar surface area (TPSA) is 54.4 Å². The first-order valence-electron chi connectivity index (χ1n) is 4.39. The highest BCUT2D eigenvalue weighted by molar-refractivity contribution is 7.85. The molecule has 0 rings (SSSR count). The molecule has 0 aromatic heterocycles. The van der Waals surface area contributed by atoms with Gasteiger partial charge in [-0.25, -0.2) is 0 Å². The van der Waals surface area contributed by atoms with Crippen molar-refractivity contribution in [3.05, 3.63) is 0 Å². The van der Waals surface area contributed by atoms with Crippen molar-refractivity contribution in [1.29, 1.82) is 0 Å². The van der Waals surface area contributed by atoms with Crippen LogP contribution in [0.25, 0.3) is 0 Å². The average molecular weight is 210 g/mol. The van der Waals surface area contributed by atoms with Gasteiger partial charge in [-0.1, -0.05) is 6.92 Å². The normalized spacial score (nSPS) is 15.8. The fourth-order valence-corrected chi connectivity index (χ4v) is 2.31. The van der Waals surface area contributed by atoms with Crippen LogP contribution in [0.4, 0.5) is 0 Å². The number of hydrogen-bond acceptors (Lipinski definition) is 2. The van der Waals surface area contributed by atoms with Crippen molar-refractivity contribution in [2.24, 2.45) is 5.92 Å². The summed E-state index contributed by atoms with van der Waals surface area (Å²) in [5.74, 6) is -0.0889. The molecule has 0 aliphatic rings. The van der Waals surface area contributed by atoms with E-state index in [1.807, 2.05) is 28.1 Å². The second-order valence-electron chi connectivity index (χ2n) is 4.50. The number of hydrogen-bond donors (Lipinski definition) is 1. The molecule has 1 unspecified atom stereocenters. The Hall–Kier alpha value is -0.130. The lowest BCUT2D eigenvalue weighted by Crippen LogP contribution is -2.40. The zero-order valence-electron chi connectivity index (χ0n) is 8.82. The van der Waals surface area contributed by atoms with Crippen molar-refractivity contribution < 1.29 is 17.5 Å². The van der Waals surface area contributed by atoms with Crippen molar-refractivity contribution >= 4 is 10.1 Å². The third kappa shape index (κ3) is 8.21. The summed E-state index contributed by atoms with van der Waals surface area (Å²) in [6.07, 6.45) is 0.773. The van der Waals surface area contributed by atoms with Gasteiger partial charge in [-0.3, -0.25) is 4.55 Å². The molecular formula is C8H20NO3S+. The highest BCUT2D eigenvalue weighted by atomic mass is 32.2. The zero-order valence-corrected chi connectivity index (χ0v) is 9.63. The summed E-state index contributed by atoms with van der Waals surface area (Å²) in [7, 11) is 2.20. The Balaban J connectivity index is 4.22. The van der Waals surface area contributed by atoms with E-state index in [1.54, 1.807) is 0 Å². The van der Waals surface area contributed by atoms with Crippen LogP contribution in [0.1, 0.15) is 13.3 Å². The number of rotatable bonds is 5. The highest BCUT2D eigenvalue weighted by Crippen LogP contribution is 2.09. The van der Waals surface area contributed by atoms with Crippen LogP contribution in [0.3, 0.4) is 0 Å². The molecule has 0 aromatic carbocycles. The van der Waals surface area contributed by atoms with Gasteiger partial charge < -0.3 is 4.48 Å². The smallest absolute Gasteiger partial charge is 0.265 e. The van der Waals surface area contributed by atoms with Crippen molar-refractivity contribution in [3.63, 3.8) is 0 Å². The first-order valence-corrected chi connectivity index (χ1v) is 6.00. The summed E-state index contributed by atoms with van der Waals surface area (Å²) >= 11 is 0. The molecule has 13 heavy (non-hydrogen) atoms. The number of nitrogens with zero attached hydrogens (tertiary/aromatic N) is 1. The fraction of sp³-hybridized carbons (Fsp3) is 1.00. The molecule has 0 aliphatic carbocycles. The van der Waals surface area contributed by atoms with Crippen molar-refractivity contribution in [1.82, 2.24) is 0 Å². The molecule has 0 saturated carbocycles. The van der Waals surface area contributed by atoms with E-state index in [-0.39, 0.29) is 11.7 Å². The fourth-order valence-electron chi connectivity index (χ4n) is 1.37. The first kappa shape index (κ1) is 12.9. The Morgan fingerprint density at radius 2 is 1.77 bits per heavy atom. The Morgan fingerprint density at radius 3 is 2.00 bits per heavy atom. The summed E-state index contributed by atoms with van der Waals surface area (Å²) < 4.78 is 30.7. The van der Waals surface area contributed by atoms with Gasteiger partial charge in [0.25, 0.3) is 10.1 Å². The van der Waals surface area contributed by atoms with Gasteiger partial charge in [0.1, 0.15) is 0 Å². The Bertz CT molecular complexity index is 241. The highest BCUT2D eigenvalue weighted by Gasteiger charge is 2.21. The summed E-state index contributed by atoms with van der Waals surface area (Å²) in [6, 6.07) is 0. The largest absolute Gasteiger partial charge is 0.331 e. The van der Waals surface area contributed by atoms with Crippen LogP contribution in [0.15, 0.2) is 0 Å². The molecule has 1 N–H and O–H groups in total. The van der Waals surface area contributed by atoms with Crippen LogP contribution >= 0.6 is 0 Å². The molecule has 0 radical (unpaired) electrons. The molecule has 0 bridgehead atoms. The lowest BCUT2D eigenvalue weighted by atomic mass is 10.1. The molecule has 0 amide bonds. The van der Waals surface area contributed by atoms with Crippen molar-refractivity contribution in [3.8, 4) is 0 Å². The van der Waals surface area contributed by atoms with Gasteiger partial charge in [-0.2, -0.15) is 8.42 Å². The van der Waals surface area contributed by atoms with Gasteiger partial charge >= 0.3 is 0 Å². The Morgan fingerprint density at radius 1 is 1.31 bits per heavy atom. The predicted molar refractivity (Wildman–Crippen MR) is 53.1 cm³/mol.